The number of halogens is 2. The van der Waals surface area contributed by atoms with Gasteiger partial charge in [-0.1, -0.05) is 34.4 Å². The van der Waals surface area contributed by atoms with E-state index in [0.29, 0.717) is 29.6 Å². The molecule has 1 aromatic rings. The molecule has 5 heteroatoms. The van der Waals surface area contributed by atoms with E-state index in [-0.39, 0.29) is 0 Å². The highest BCUT2D eigenvalue weighted by Gasteiger charge is 1.99. The Bertz CT molecular complexity index is 342. The van der Waals surface area contributed by atoms with Crippen LogP contribution in [0.3, 0.4) is 0 Å². The monoisotopic (exact) mass is 246 g/mol. The summed E-state index contributed by atoms with van der Waals surface area (Å²) in [4.78, 5) is 5.03. The van der Waals surface area contributed by atoms with Gasteiger partial charge in [-0.3, -0.25) is 0 Å². The van der Waals surface area contributed by atoms with Crippen LogP contribution in [0.1, 0.15) is 12.0 Å². The number of oxime groups is 1. The first kappa shape index (κ1) is 12.3. The molecule has 82 valence electrons. The van der Waals surface area contributed by atoms with Gasteiger partial charge in [-0.15, -0.1) is 0 Å². The molecule has 0 aliphatic rings. The normalized spacial score (nSPS) is 10.9. The van der Waals surface area contributed by atoms with E-state index >= 15 is 0 Å². The van der Waals surface area contributed by atoms with Gasteiger partial charge in [0, 0.05) is 6.21 Å². The highest BCUT2D eigenvalue weighted by Crippen LogP contribution is 2.22. The molecule has 0 aromatic heterocycles. The zero-order valence-corrected chi connectivity index (χ0v) is 9.63. The lowest BCUT2D eigenvalue weighted by molar-refractivity contribution is 0.131. The van der Waals surface area contributed by atoms with Gasteiger partial charge in [0.15, 0.2) is 0 Å². The molecule has 0 saturated heterocycles. The standard InChI is InChI=1S/C10H12Cl2N2O/c11-9-3-2-8(6-10(9)12)7-15-14-5-1-4-13/h2-3,5-6H,1,4,7,13H2. The van der Waals surface area contributed by atoms with E-state index in [4.69, 9.17) is 33.8 Å². The lowest BCUT2D eigenvalue weighted by atomic mass is 10.2. The average molecular weight is 247 g/mol. The molecule has 15 heavy (non-hydrogen) atoms. The summed E-state index contributed by atoms with van der Waals surface area (Å²) in [5.41, 5.74) is 6.20. The molecule has 0 aliphatic heterocycles. The first-order chi connectivity index (χ1) is 7.24. The molecular weight excluding hydrogens is 235 g/mol. The van der Waals surface area contributed by atoms with Gasteiger partial charge in [0.05, 0.1) is 10.0 Å². The van der Waals surface area contributed by atoms with E-state index in [0.717, 1.165) is 5.56 Å². The third-order valence-corrected chi connectivity index (χ3v) is 2.40. The molecule has 0 amide bonds. The Morgan fingerprint density at radius 3 is 2.80 bits per heavy atom. The molecule has 2 N–H and O–H groups in total. The molecule has 0 radical (unpaired) electrons. The quantitative estimate of drug-likeness (QED) is 0.642. The molecule has 3 nitrogen and oxygen atoms in total. The van der Waals surface area contributed by atoms with Crippen LogP contribution in [-0.4, -0.2) is 12.8 Å². The SMILES string of the molecule is NCCC=NOCc1ccc(Cl)c(Cl)c1. The Hall–Kier alpha value is -0.770. The Morgan fingerprint density at radius 2 is 2.13 bits per heavy atom. The third-order valence-electron chi connectivity index (χ3n) is 1.66. The molecule has 0 bridgehead atoms. The maximum Gasteiger partial charge on any atom is 0.142 e. The Balaban J connectivity index is 2.41. The first-order valence-corrected chi connectivity index (χ1v) is 5.27. The second-order valence-corrected chi connectivity index (χ2v) is 3.70. The number of hydrogen-bond acceptors (Lipinski definition) is 3. The molecule has 0 aliphatic carbocycles. The Labute approximate surface area is 98.8 Å². The lowest BCUT2D eigenvalue weighted by Gasteiger charge is -2.01. The molecule has 0 spiro atoms. The summed E-state index contributed by atoms with van der Waals surface area (Å²) in [5, 5.41) is 4.78. The lowest BCUT2D eigenvalue weighted by Crippen LogP contribution is -1.98. The average Bonchev–Trinajstić information content (AvgIpc) is 2.23. The van der Waals surface area contributed by atoms with Crippen molar-refractivity contribution in [1.82, 2.24) is 0 Å². The van der Waals surface area contributed by atoms with Crippen LogP contribution in [0, 0.1) is 0 Å². The van der Waals surface area contributed by atoms with E-state index in [2.05, 4.69) is 5.16 Å². The molecule has 0 atom stereocenters. The summed E-state index contributed by atoms with van der Waals surface area (Å²) in [6.45, 7) is 0.942. The van der Waals surface area contributed by atoms with Gasteiger partial charge in [-0.2, -0.15) is 0 Å². The van der Waals surface area contributed by atoms with Crippen LogP contribution >= 0.6 is 23.2 Å². The van der Waals surface area contributed by atoms with Gasteiger partial charge in [-0.25, -0.2) is 0 Å². The second-order valence-electron chi connectivity index (χ2n) is 2.89. The second kappa shape index (κ2) is 6.67. The van der Waals surface area contributed by atoms with Crippen LogP contribution in [-0.2, 0) is 11.4 Å². The number of benzene rings is 1. The Kier molecular flexibility index (Phi) is 5.47. The largest absolute Gasteiger partial charge is 0.391 e. The fourth-order valence-corrected chi connectivity index (χ4v) is 1.24. The van der Waals surface area contributed by atoms with Gasteiger partial charge in [-0.05, 0) is 30.7 Å². The zero-order chi connectivity index (χ0) is 11.1. The van der Waals surface area contributed by atoms with Crippen LogP contribution in [0.15, 0.2) is 23.4 Å². The summed E-state index contributed by atoms with van der Waals surface area (Å²) >= 11 is 11.6. The molecule has 0 heterocycles. The minimum Gasteiger partial charge on any atom is -0.391 e. The van der Waals surface area contributed by atoms with E-state index in [1.807, 2.05) is 6.07 Å². The predicted molar refractivity (Wildman–Crippen MR) is 63.4 cm³/mol. The van der Waals surface area contributed by atoms with Crippen molar-refractivity contribution in [3.05, 3.63) is 33.8 Å². The van der Waals surface area contributed by atoms with E-state index in [9.17, 15) is 0 Å². The summed E-state index contributed by atoms with van der Waals surface area (Å²) in [5.74, 6) is 0. The fraction of sp³-hybridized carbons (Fsp3) is 0.300. The van der Waals surface area contributed by atoms with Gasteiger partial charge in [0.1, 0.15) is 6.61 Å². The highest BCUT2D eigenvalue weighted by atomic mass is 35.5. The van der Waals surface area contributed by atoms with Crippen molar-refractivity contribution in [2.24, 2.45) is 10.9 Å². The molecule has 0 saturated carbocycles. The van der Waals surface area contributed by atoms with Gasteiger partial charge >= 0.3 is 0 Å². The van der Waals surface area contributed by atoms with Gasteiger partial charge in [0.2, 0.25) is 0 Å². The summed E-state index contributed by atoms with van der Waals surface area (Å²) < 4.78 is 0. The third kappa shape index (κ3) is 4.51. The maximum absolute atomic E-state index is 5.83. The van der Waals surface area contributed by atoms with Crippen LogP contribution in [0.25, 0.3) is 0 Å². The summed E-state index contributed by atoms with van der Waals surface area (Å²) in [7, 11) is 0. The minimum absolute atomic E-state index is 0.373. The zero-order valence-electron chi connectivity index (χ0n) is 8.12. The van der Waals surface area contributed by atoms with E-state index < -0.39 is 0 Å². The number of rotatable bonds is 5. The van der Waals surface area contributed by atoms with Crippen LogP contribution < -0.4 is 5.73 Å². The maximum atomic E-state index is 5.83. The molecule has 0 unspecified atom stereocenters. The molecule has 1 rings (SSSR count). The van der Waals surface area contributed by atoms with Crippen molar-refractivity contribution < 1.29 is 4.84 Å². The van der Waals surface area contributed by atoms with Crippen molar-refractivity contribution in [3.8, 4) is 0 Å². The van der Waals surface area contributed by atoms with Gasteiger partial charge in [0.25, 0.3) is 0 Å². The van der Waals surface area contributed by atoms with Crippen molar-refractivity contribution in [2.75, 3.05) is 6.54 Å². The van der Waals surface area contributed by atoms with Crippen molar-refractivity contribution in [1.29, 1.82) is 0 Å². The fourth-order valence-electron chi connectivity index (χ4n) is 0.921. The number of nitrogens with two attached hydrogens (primary N) is 1. The molecule has 0 fully saturated rings. The van der Waals surface area contributed by atoms with E-state index in [1.54, 1.807) is 18.3 Å². The summed E-state index contributed by atoms with van der Waals surface area (Å²) in [6.07, 6.45) is 2.35. The van der Waals surface area contributed by atoms with Gasteiger partial charge < -0.3 is 10.6 Å². The minimum atomic E-state index is 0.373. The number of hydrogen-bond donors (Lipinski definition) is 1. The Morgan fingerprint density at radius 1 is 1.33 bits per heavy atom. The highest BCUT2D eigenvalue weighted by molar-refractivity contribution is 6.41. The first-order valence-electron chi connectivity index (χ1n) is 4.52. The summed E-state index contributed by atoms with van der Waals surface area (Å²) in [6, 6.07) is 5.32. The van der Waals surface area contributed by atoms with Crippen LogP contribution in [0.4, 0.5) is 0 Å². The topological polar surface area (TPSA) is 47.6 Å². The van der Waals surface area contributed by atoms with E-state index in [1.165, 1.54) is 0 Å². The predicted octanol–water partition coefficient (Wildman–Crippen LogP) is 2.84. The smallest absolute Gasteiger partial charge is 0.142 e. The molecule has 1 aromatic carbocycles. The van der Waals surface area contributed by atoms with Crippen LogP contribution in [0.2, 0.25) is 10.0 Å². The van der Waals surface area contributed by atoms with Crippen LogP contribution in [0.5, 0.6) is 0 Å². The van der Waals surface area contributed by atoms with Crippen molar-refractivity contribution in [3.63, 3.8) is 0 Å². The van der Waals surface area contributed by atoms with Crippen molar-refractivity contribution >= 4 is 29.4 Å². The number of nitrogens with zero attached hydrogens (tertiary/aromatic N) is 1. The van der Waals surface area contributed by atoms with Crippen molar-refractivity contribution in [2.45, 2.75) is 13.0 Å². The molecular formula is C10H12Cl2N2O.